The van der Waals surface area contributed by atoms with E-state index >= 15 is 0 Å². The van der Waals surface area contributed by atoms with Crippen molar-refractivity contribution in [3.8, 4) is 5.75 Å². The van der Waals surface area contributed by atoms with Gasteiger partial charge >= 0.3 is 6.03 Å². The van der Waals surface area contributed by atoms with Crippen LogP contribution in [0.25, 0.3) is 0 Å². The Kier molecular flexibility index (Phi) is 4.65. The number of thiophene rings is 1. The molecule has 1 N–H and O–H groups in total. The smallest absolute Gasteiger partial charge is 0.326 e. The molecule has 2 fully saturated rings. The average molecular weight is 385 g/mol. The highest BCUT2D eigenvalue weighted by Crippen LogP contribution is 2.36. The summed E-state index contributed by atoms with van der Waals surface area (Å²) in [5.74, 6) is 0.434. The van der Waals surface area contributed by atoms with Gasteiger partial charge in [0.2, 0.25) is 0 Å². The van der Waals surface area contributed by atoms with Crippen LogP contribution in [-0.4, -0.2) is 42.1 Å². The van der Waals surface area contributed by atoms with Crippen LogP contribution in [0.15, 0.2) is 41.8 Å². The van der Waals surface area contributed by atoms with Crippen molar-refractivity contribution in [1.82, 2.24) is 15.1 Å². The lowest BCUT2D eigenvalue weighted by Gasteiger charge is -2.28. The van der Waals surface area contributed by atoms with Gasteiger partial charge in [0.25, 0.3) is 5.91 Å². The number of hydrogen-bond acceptors (Lipinski definition) is 5. The maximum atomic E-state index is 13.2. The van der Waals surface area contributed by atoms with Crippen molar-refractivity contribution in [3.05, 3.63) is 52.2 Å². The van der Waals surface area contributed by atoms with Crippen LogP contribution in [0.4, 0.5) is 4.79 Å². The van der Waals surface area contributed by atoms with E-state index in [2.05, 4.69) is 21.7 Å². The van der Waals surface area contributed by atoms with Gasteiger partial charge in [-0.05, 0) is 48.9 Å². The first-order valence-corrected chi connectivity index (χ1v) is 9.97. The summed E-state index contributed by atoms with van der Waals surface area (Å²) in [5.41, 5.74) is -0.358. The third kappa shape index (κ3) is 3.11. The van der Waals surface area contributed by atoms with E-state index in [0.717, 1.165) is 24.9 Å². The van der Waals surface area contributed by atoms with Gasteiger partial charge in [-0.3, -0.25) is 9.69 Å². The van der Waals surface area contributed by atoms with Crippen molar-refractivity contribution in [2.75, 3.05) is 20.3 Å². The second-order valence-corrected chi connectivity index (χ2v) is 8.13. The summed E-state index contributed by atoms with van der Waals surface area (Å²) in [6, 6.07) is 11.4. The first-order valence-electron chi connectivity index (χ1n) is 9.09. The SMILES string of the molecule is COc1cccc([C@]2(C)NC(=O)N(CN3CCC[C@@H]3c3cccs3)C2=O)c1. The van der Waals surface area contributed by atoms with Crippen molar-refractivity contribution in [3.63, 3.8) is 0 Å². The van der Waals surface area contributed by atoms with Gasteiger partial charge in [0.1, 0.15) is 11.3 Å². The number of rotatable bonds is 5. The Balaban J connectivity index is 1.56. The van der Waals surface area contributed by atoms with E-state index in [4.69, 9.17) is 4.74 Å². The molecule has 1 aromatic carbocycles. The van der Waals surface area contributed by atoms with Gasteiger partial charge in [-0.25, -0.2) is 9.69 Å². The number of likely N-dealkylation sites (tertiary alicyclic amines) is 1. The zero-order chi connectivity index (χ0) is 19.0. The molecule has 27 heavy (non-hydrogen) atoms. The largest absolute Gasteiger partial charge is 0.497 e. The number of methoxy groups -OCH3 is 1. The third-order valence-electron chi connectivity index (χ3n) is 5.48. The minimum atomic E-state index is -1.08. The highest BCUT2D eigenvalue weighted by atomic mass is 32.1. The summed E-state index contributed by atoms with van der Waals surface area (Å²) in [7, 11) is 1.58. The molecule has 3 heterocycles. The Morgan fingerprint density at radius 3 is 2.89 bits per heavy atom. The Hall–Kier alpha value is -2.38. The van der Waals surface area contributed by atoms with Gasteiger partial charge in [-0.15, -0.1) is 11.3 Å². The maximum absolute atomic E-state index is 13.2. The topological polar surface area (TPSA) is 61.9 Å². The van der Waals surface area contributed by atoms with E-state index in [1.165, 1.54) is 9.78 Å². The van der Waals surface area contributed by atoms with Crippen molar-refractivity contribution in [1.29, 1.82) is 0 Å². The predicted octanol–water partition coefficient (Wildman–Crippen LogP) is 3.32. The van der Waals surface area contributed by atoms with E-state index < -0.39 is 5.54 Å². The van der Waals surface area contributed by atoms with Crippen molar-refractivity contribution in [2.45, 2.75) is 31.3 Å². The molecule has 142 valence electrons. The van der Waals surface area contributed by atoms with Crippen LogP contribution in [0.3, 0.4) is 0 Å². The summed E-state index contributed by atoms with van der Waals surface area (Å²) < 4.78 is 5.27. The van der Waals surface area contributed by atoms with E-state index in [-0.39, 0.29) is 18.0 Å². The van der Waals surface area contributed by atoms with Crippen LogP contribution in [0.5, 0.6) is 5.75 Å². The monoisotopic (exact) mass is 385 g/mol. The number of carbonyl (C=O) groups excluding carboxylic acids is 2. The predicted molar refractivity (Wildman–Crippen MR) is 104 cm³/mol. The molecule has 2 aliphatic rings. The molecule has 0 bridgehead atoms. The summed E-state index contributed by atoms with van der Waals surface area (Å²) in [6.45, 7) is 2.95. The summed E-state index contributed by atoms with van der Waals surface area (Å²) in [6.07, 6.45) is 2.12. The van der Waals surface area contributed by atoms with Gasteiger partial charge < -0.3 is 10.1 Å². The molecule has 3 amide bonds. The zero-order valence-corrected chi connectivity index (χ0v) is 16.3. The minimum Gasteiger partial charge on any atom is -0.497 e. The molecule has 0 radical (unpaired) electrons. The lowest BCUT2D eigenvalue weighted by molar-refractivity contribution is -0.132. The fraction of sp³-hybridized carbons (Fsp3) is 0.400. The Morgan fingerprint density at radius 1 is 1.30 bits per heavy atom. The van der Waals surface area contributed by atoms with Crippen LogP contribution >= 0.6 is 11.3 Å². The number of amides is 3. The van der Waals surface area contributed by atoms with Gasteiger partial charge in [0.05, 0.1) is 13.8 Å². The number of carbonyl (C=O) groups is 2. The van der Waals surface area contributed by atoms with Gasteiger partial charge in [-0.2, -0.15) is 0 Å². The summed E-state index contributed by atoms with van der Waals surface area (Å²) >= 11 is 1.72. The average Bonchev–Trinajstić information content (AvgIpc) is 3.40. The maximum Gasteiger partial charge on any atom is 0.326 e. The Bertz CT molecular complexity index is 854. The molecule has 1 aromatic heterocycles. The minimum absolute atomic E-state index is 0.224. The van der Waals surface area contributed by atoms with Gasteiger partial charge in [-0.1, -0.05) is 18.2 Å². The van der Waals surface area contributed by atoms with Crippen LogP contribution in [0.1, 0.15) is 36.2 Å². The highest BCUT2D eigenvalue weighted by molar-refractivity contribution is 7.10. The fourth-order valence-corrected chi connectivity index (χ4v) is 4.83. The second-order valence-electron chi connectivity index (χ2n) is 7.15. The third-order valence-corrected chi connectivity index (χ3v) is 6.45. The van der Waals surface area contributed by atoms with E-state index in [0.29, 0.717) is 12.4 Å². The molecule has 0 saturated carbocycles. The van der Waals surface area contributed by atoms with Gasteiger partial charge in [0.15, 0.2) is 0 Å². The number of ether oxygens (including phenoxy) is 1. The molecule has 0 spiro atoms. The zero-order valence-electron chi connectivity index (χ0n) is 15.5. The highest BCUT2D eigenvalue weighted by Gasteiger charge is 2.50. The van der Waals surface area contributed by atoms with E-state index in [9.17, 15) is 9.59 Å². The lowest BCUT2D eigenvalue weighted by Crippen LogP contribution is -2.43. The van der Waals surface area contributed by atoms with Crippen LogP contribution in [0.2, 0.25) is 0 Å². The number of nitrogens with one attached hydrogen (secondary N) is 1. The molecule has 0 unspecified atom stereocenters. The lowest BCUT2D eigenvalue weighted by atomic mass is 9.92. The Labute approximate surface area is 162 Å². The molecule has 7 heteroatoms. The number of nitrogens with zero attached hydrogens (tertiary/aromatic N) is 2. The molecule has 6 nitrogen and oxygen atoms in total. The number of imide groups is 1. The van der Waals surface area contributed by atoms with Crippen LogP contribution < -0.4 is 10.1 Å². The molecule has 4 rings (SSSR count). The second kappa shape index (κ2) is 6.98. The quantitative estimate of drug-likeness (QED) is 0.802. The molecule has 2 aromatic rings. The molecule has 2 aliphatic heterocycles. The Morgan fingerprint density at radius 2 is 2.15 bits per heavy atom. The van der Waals surface area contributed by atoms with Crippen molar-refractivity contribution >= 4 is 23.3 Å². The standard InChI is InChI=1S/C20H23N3O3S/c1-20(14-6-3-7-15(12-14)26-2)18(24)23(19(25)21-20)13-22-10-4-8-16(22)17-9-5-11-27-17/h3,5-7,9,11-12,16H,4,8,10,13H2,1-2H3,(H,21,25)/t16-,20+/m1/s1. The normalized spacial score (nSPS) is 25.9. The molecular weight excluding hydrogens is 362 g/mol. The number of urea groups is 1. The first kappa shape index (κ1) is 18.0. The fourth-order valence-electron chi connectivity index (χ4n) is 3.94. The first-order chi connectivity index (χ1) is 13.0. The molecular formula is C20H23N3O3S. The molecule has 2 atom stereocenters. The van der Waals surface area contributed by atoms with Crippen molar-refractivity contribution in [2.24, 2.45) is 0 Å². The number of benzene rings is 1. The van der Waals surface area contributed by atoms with Crippen molar-refractivity contribution < 1.29 is 14.3 Å². The van der Waals surface area contributed by atoms with Crippen LogP contribution in [-0.2, 0) is 10.3 Å². The van der Waals surface area contributed by atoms with E-state index in [1.54, 1.807) is 31.4 Å². The molecule has 2 saturated heterocycles. The van der Waals surface area contributed by atoms with E-state index in [1.807, 2.05) is 24.3 Å². The van der Waals surface area contributed by atoms with Crippen LogP contribution in [0, 0.1) is 0 Å². The summed E-state index contributed by atoms with van der Waals surface area (Å²) in [4.78, 5) is 30.7. The summed E-state index contributed by atoms with van der Waals surface area (Å²) in [5, 5.41) is 4.95. The van der Waals surface area contributed by atoms with Gasteiger partial charge in [0, 0.05) is 17.5 Å². The molecule has 0 aliphatic carbocycles. The number of hydrogen-bond donors (Lipinski definition) is 1.